The third-order valence-electron chi connectivity index (χ3n) is 0.447. The zero-order chi connectivity index (χ0) is 7.49. The summed E-state index contributed by atoms with van der Waals surface area (Å²) in [4.78, 5) is 20.2. The van der Waals surface area contributed by atoms with E-state index in [9.17, 15) is 9.59 Å². The fourth-order valence-corrected chi connectivity index (χ4v) is 0.479. The van der Waals surface area contributed by atoms with Gasteiger partial charge in [0.25, 0.3) is 5.91 Å². The maximum Gasteiger partial charge on any atom is 0.265 e. The Morgan fingerprint density at radius 3 is 2.00 bits per heavy atom. The highest BCUT2D eigenvalue weighted by molar-refractivity contribution is 9.40. The van der Waals surface area contributed by atoms with Crippen LogP contribution in [-0.2, 0) is 9.59 Å². The van der Waals surface area contributed by atoms with Crippen molar-refractivity contribution in [1.29, 1.82) is 0 Å². The molecule has 0 spiro atoms. The van der Waals surface area contributed by atoms with Gasteiger partial charge in [0.1, 0.15) is 0 Å². The van der Waals surface area contributed by atoms with Crippen LogP contribution < -0.4 is 5.32 Å². The molecule has 0 saturated heterocycles. The van der Waals surface area contributed by atoms with Crippen LogP contribution in [0.15, 0.2) is 0 Å². The zero-order valence-electron chi connectivity index (χ0n) is 4.03. The Labute approximate surface area is 76.9 Å². The SMILES string of the molecule is O=CNC(=O)C(Br)(Br)Br. The summed E-state index contributed by atoms with van der Waals surface area (Å²) < 4.78 is -1.03. The minimum Gasteiger partial charge on any atom is -0.296 e. The summed E-state index contributed by atoms with van der Waals surface area (Å²) in [5.41, 5.74) is 0. The Balaban J connectivity index is 3.88. The fourth-order valence-electron chi connectivity index (χ4n) is 0.135. The molecule has 2 amide bonds. The number of amides is 2. The van der Waals surface area contributed by atoms with E-state index in [-0.39, 0.29) is 0 Å². The van der Waals surface area contributed by atoms with Gasteiger partial charge < -0.3 is 0 Å². The van der Waals surface area contributed by atoms with Gasteiger partial charge in [-0.15, -0.1) is 0 Å². The molecule has 0 heterocycles. The first-order valence-corrected chi connectivity index (χ1v) is 4.17. The van der Waals surface area contributed by atoms with Gasteiger partial charge >= 0.3 is 0 Å². The molecule has 0 atom stereocenters. The van der Waals surface area contributed by atoms with Gasteiger partial charge in [-0.2, -0.15) is 0 Å². The van der Waals surface area contributed by atoms with Crippen molar-refractivity contribution in [2.75, 3.05) is 0 Å². The molecule has 0 fully saturated rings. The summed E-state index contributed by atoms with van der Waals surface area (Å²) >= 11 is 8.72. The molecule has 6 heteroatoms. The molecule has 0 radical (unpaired) electrons. The molecular weight excluding hydrogens is 322 g/mol. The first-order chi connectivity index (χ1) is 3.98. The molecule has 3 nitrogen and oxygen atoms in total. The summed E-state index contributed by atoms with van der Waals surface area (Å²) in [6.07, 6.45) is 0.306. The van der Waals surface area contributed by atoms with Gasteiger partial charge in [-0.3, -0.25) is 14.9 Å². The third kappa shape index (κ3) is 4.05. The second kappa shape index (κ2) is 3.68. The second-order valence-corrected chi connectivity index (χ2v) is 7.85. The normalized spacial score (nSPS) is 10.6. The van der Waals surface area contributed by atoms with Gasteiger partial charge in [-0.05, 0) is 47.8 Å². The topological polar surface area (TPSA) is 46.2 Å². The lowest BCUT2D eigenvalue weighted by molar-refractivity contribution is -0.123. The molecule has 0 aliphatic rings. The largest absolute Gasteiger partial charge is 0.296 e. The number of halogens is 3. The highest BCUT2D eigenvalue weighted by atomic mass is 80.0. The molecule has 0 aromatic heterocycles. The van der Waals surface area contributed by atoms with Crippen LogP contribution in [0.25, 0.3) is 0 Å². The molecule has 9 heavy (non-hydrogen) atoms. The van der Waals surface area contributed by atoms with Crippen LogP contribution in [0.5, 0.6) is 0 Å². The van der Waals surface area contributed by atoms with Gasteiger partial charge in [0.2, 0.25) is 8.55 Å². The Bertz CT molecular complexity index is 130. The Kier molecular flexibility index (Phi) is 3.91. The Morgan fingerprint density at radius 2 is 1.89 bits per heavy atom. The summed E-state index contributed by atoms with van der Waals surface area (Å²) in [6.45, 7) is 0. The van der Waals surface area contributed by atoms with E-state index >= 15 is 0 Å². The van der Waals surface area contributed by atoms with Crippen LogP contribution in [0.2, 0.25) is 0 Å². The minimum atomic E-state index is -1.03. The quantitative estimate of drug-likeness (QED) is 0.580. The van der Waals surface area contributed by atoms with E-state index < -0.39 is 8.05 Å². The number of imide groups is 1. The highest BCUT2D eigenvalue weighted by Gasteiger charge is 2.27. The molecule has 0 aliphatic heterocycles. The van der Waals surface area contributed by atoms with Crippen LogP contribution in [0, 0.1) is 0 Å². The zero-order valence-corrected chi connectivity index (χ0v) is 8.79. The monoisotopic (exact) mass is 321 g/mol. The van der Waals surface area contributed by atoms with Gasteiger partial charge in [-0.1, -0.05) is 0 Å². The van der Waals surface area contributed by atoms with Crippen molar-refractivity contribution >= 4 is 60.1 Å². The van der Waals surface area contributed by atoms with Crippen molar-refractivity contribution in [3.05, 3.63) is 0 Å². The minimum absolute atomic E-state index is 0.306. The predicted molar refractivity (Wildman–Crippen MR) is 43.7 cm³/mol. The lowest BCUT2D eigenvalue weighted by atomic mass is 10.7. The van der Waals surface area contributed by atoms with Gasteiger partial charge in [0, 0.05) is 0 Å². The van der Waals surface area contributed by atoms with Crippen LogP contribution in [-0.4, -0.2) is 14.5 Å². The van der Waals surface area contributed by atoms with Crippen molar-refractivity contribution in [2.45, 2.75) is 2.14 Å². The smallest absolute Gasteiger partial charge is 0.265 e. The van der Waals surface area contributed by atoms with Crippen molar-refractivity contribution in [1.82, 2.24) is 5.32 Å². The lowest BCUT2D eigenvalue weighted by Crippen LogP contribution is -2.32. The number of hydrogen-bond acceptors (Lipinski definition) is 2. The van der Waals surface area contributed by atoms with E-state index in [4.69, 9.17) is 0 Å². The highest BCUT2D eigenvalue weighted by Crippen LogP contribution is 2.33. The molecule has 0 bridgehead atoms. The first kappa shape index (κ1) is 9.58. The van der Waals surface area contributed by atoms with Crippen LogP contribution in [0.3, 0.4) is 0 Å². The Hall–Kier alpha value is 0.580. The number of carbonyl (C=O) groups is 2. The molecular formula is C3H2Br3NO2. The van der Waals surface area contributed by atoms with E-state index in [0.29, 0.717) is 6.41 Å². The van der Waals surface area contributed by atoms with E-state index in [1.54, 1.807) is 0 Å². The van der Waals surface area contributed by atoms with Crippen LogP contribution >= 0.6 is 47.8 Å². The number of carbonyl (C=O) groups excluding carboxylic acids is 2. The summed E-state index contributed by atoms with van der Waals surface area (Å²) in [6, 6.07) is 0. The summed E-state index contributed by atoms with van der Waals surface area (Å²) in [5, 5.41) is 1.93. The molecule has 1 N–H and O–H groups in total. The average molecular weight is 324 g/mol. The molecule has 0 aliphatic carbocycles. The molecule has 52 valence electrons. The molecule has 0 rings (SSSR count). The van der Waals surface area contributed by atoms with Crippen molar-refractivity contribution in [3.8, 4) is 0 Å². The molecule has 0 aromatic carbocycles. The predicted octanol–water partition coefficient (Wildman–Crippen LogP) is 1.10. The standard InChI is InChI=1S/C3H2Br3NO2/c4-3(5,6)2(9)7-1-8/h1H,(H,7,8,9). The number of nitrogens with one attached hydrogen (secondary N) is 1. The fraction of sp³-hybridized carbons (Fsp3) is 0.333. The number of rotatable bonds is 1. The van der Waals surface area contributed by atoms with Gasteiger partial charge in [-0.25, -0.2) is 0 Å². The maximum atomic E-state index is 10.6. The van der Waals surface area contributed by atoms with Gasteiger partial charge in [0.15, 0.2) is 0 Å². The van der Waals surface area contributed by atoms with Gasteiger partial charge in [0.05, 0.1) is 0 Å². The average Bonchev–Trinajstić information content (AvgIpc) is 1.64. The lowest BCUT2D eigenvalue weighted by Gasteiger charge is -2.06. The van der Waals surface area contributed by atoms with Crippen molar-refractivity contribution in [3.63, 3.8) is 0 Å². The van der Waals surface area contributed by atoms with E-state index in [1.807, 2.05) is 5.32 Å². The van der Waals surface area contributed by atoms with Crippen molar-refractivity contribution < 1.29 is 9.59 Å². The summed E-state index contributed by atoms with van der Waals surface area (Å²) in [7, 11) is 0. The number of hydrogen-bond donors (Lipinski definition) is 1. The molecule has 0 unspecified atom stereocenters. The van der Waals surface area contributed by atoms with Crippen LogP contribution in [0.4, 0.5) is 0 Å². The number of alkyl halides is 3. The van der Waals surface area contributed by atoms with Crippen LogP contribution in [0.1, 0.15) is 0 Å². The van der Waals surface area contributed by atoms with Crippen molar-refractivity contribution in [2.24, 2.45) is 0 Å². The Morgan fingerprint density at radius 1 is 1.44 bits per heavy atom. The maximum absolute atomic E-state index is 10.6. The van der Waals surface area contributed by atoms with E-state index in [0.717, 1.165) is 0 Å². The molecule has 0 saturated carbocycles. The second-order valence-electron chi connectivity index (χ2n) is 1.09. The van der Waals surface area contributed by atoms with E-state index in [2.05, 4.69) is 47.8 Å². The first-order valence-electron chi connectivity index (χ1n) is 1.80. The van der Waals surface area contributed by atoms with E-state index in [1.165, 1.54) is 0 Å². The molecule has 0 aromatic rings. The summed E-state index contributed by atoms with van der Waals surface area (Å²) in [5.74, 6) is -0.502. The third-order valence-corrected chi connectivity index (χ3v) is 1.53.